The molecule has 0 aliphatic heterocycles. The van der Waals surface area contributed by atoms with Gasteiger partial charge >= 0.3 is 0 Å². The molecule has 0 bridgehead atoms. The predicted molar refractivity (Wildman–Crippen MR) is 58.6 cm³/mol. The second-order valence-electron chi connectivity index (χ2n) is 3.28. The summed E-state index contributed by atoms with van der Waals surface area (Å²) in [6.07, 6.45) is 0. The molecule has 15 heavy (non-hydrogen) atoms. The first kappa shape index (κ1) is 11.6. The molecule has 0 unspecified atom stereocenters. The Bertz CT molecular complexity index is 353. The Morgan fingerprint density at radius 2 is 2.27 bits per heavy atom. The summed E-state index contributed by atoms with van der Waals surface area (Å²) in [6.45, 7) is 3.65. The fourth-order valence-electron chi connectivity index (χ4n) is 1.38. The summed E-state index contributed by atoms with van der Waals surface area (Å²) in [5, 5.41) is 13.8. The van der Waals surface area contributed by atoms with E-state index >= 15 is 0 Å². The van der Waals surface area contributed by atoms with E-state index in [4.69, 9.17) is 5.73 Å². The quantitative estimate of drug-likeness (QED) is 0.430. The number of nitro benzene ring substituents is 1. The van der Waals surface area contributed by atoms with E-state index in [2.05, 4.69) is 5.32 Å². The van der Waals surface area contributed by atoms with E-state index in [1.54, 1.807) is 13.0 Å². The number of hydrogen-bond acceptors (Lipinski definition) is 4. The standard InChI is InChI=1S/C10H15N3O2/c1-8-9(7-12-6-5-11)3-2-4-10(8)13(14)15/h2-4,12H,5-7,11H2,1H3. The van der Waals surface area contributed by atoms with Gasteiger partial charge in [0.1, 0.15) is 0 Å². The van der Waals surface area contributed by atoms with Crippen LogP contribution in [0.4, 0.5) is 5.69 Å². The first-order valence-corrected chi connectivity index (χ1v) is 4.80. The van der Waals surface area contributed by atoms with Crippen molar-refractivity contribution in [1.82, 2.24) is 5.32 Å². The Balaban J connectivity index is 2.80. The van der Waals surface area contributed by atoms with E-state index in [9.17, 15) is 10.1 Å². The largest absolute Gasteiger partial charge is 0.329 e. The molecule has 0 atom stereocenters. The van der Waals surface area contributed by atoms with Gasteiger partial charge in [-0.15, -0.1) is 0 Å². The number of nitrogens with one attached hydrogen (secondary N) is 1. The normalized spacial score (nSPS) is 10.3. The highest BCUT2D eigenvalue weighted by Gasteiger charge is 2.12. The summed E-state index contributed by atoms with van der Waals surface area (Å²) < 4.78 is 0. The van der Waals surface area contributed by atoms with Crippen molar-refractivity contribution >= 4 is 5.69 Å². The predicted octanol–water partition coefficient (Wildman–Crippen LogP) is 0.952. The average Bonchev–Trinajstić information content (AvgIpc) is 2.20. The minimum Gasteiger partial charge on any atom is -0.329 e. The molecule has 0 saturated heterocycles. The number of benzene rings is 1. The second kappa shape index (κ2) is 5.43. The molecule has 5 nitrogen and oxygen atoms in total. The molecule has 1 aromatic rings. The van der Waals surface area contributed by atoms with Crippen LogP contribution in [0.2, 0.25) is 0 Å². The zero-order chi connectivity index (χ0) is 11.3. The highest BCUT2D eigenvalue weighted by Crippen LogP contribution is 2.20. The number of hydrogen-bond donors (Lipinski definition) is 2. The van der Waals surface area contributed by atoms with Crippen molar-refractivity contribution in [2.75, 3.05) is 13.1 Å². The van der Waals surface area contributed by atoms with E-state index < -0.39 is 0 Å². The molecular weight excluding hydrogens is 194 g/mol. The molecule has 5 heteroatoms. The van der Waals surface area contributed by atoms with Gasteiger partial charge in [-0.1, -0.05) is 12.1 Å². The maximum Gasteiger partial charge on any atom is 0.272 e. The SMILES string of the molecule is Cc1c(CNCCN)cccc1[N+](=O)[O-]. The summed E-state index contributed by atoms with van der Waals surface area (Å²) in [6, 6.07) is 5.10. The van der Waals surface area contributed by atoms with Crippen LogP contribution in [-0.2, 0) is 6.54 Å². The van der Waals surface area contributed by atoms with Crippen LogP contribution in [0.3, 0.4) is 0 Å². The highest BCUT2D eigenvalue weighted by molar-refractivity contribution is 5.44. The van der Waals surface area contributed by atoms with E-state index in [0.29, 0.717) is 25.2 Å². The van der Waals surface area contributed by atoms with Crippen LogP contribution in [0.25, 0.3) is 0 Å². The Morgan fingerprint density at radius 3 is 2.87 bits per heavy atom. The summed E-state index contributed by atoms with van der Waals surface area (Å²) >= 11 is 0. The molecular formula is C10H15N3O2. The minimum absolute atomic E-state index is 0.169. The van der Waals surface area contributed by atoms with E-state index in [-0.39, 0.29) is 10.6 Å². The summed E-state index contributed by atoms with van der Waals surface area (Å²) in [7, 11) is 0. The maximum absolute atomic E-state index is 10.7. The lowest BCUT2D eigenvalue weighted by Crippen LogP contribution is -2.22. The Kier molecular flexibility index (Phi) is 4.20. The first-order valence-electron chi connectivity index (χ1n) is 4.80. The first-order chi connectivity index (χ1) is 7.16. The molecule has 0 saturated carbocycles. The van der Waals surface area contributed by atoms with Gasteiger partial charge in [0.2, 0.25) is 0 Å². The van der Waals surface area contributed by atoms with Crippen LogP contribution >= 0.6 is 0 Å². The Labute approximate surface area is 88.4 Å². The third-order valence-corrected chi connectivity index (χ3v) is 2.25. The van der Waals surface area contributed by atoms with Crippen LogP contribution in [0.1, 0.15) is 11.1 Å². The molecule has 1 aromatic carbocycles. The van der Waals surface area contributed by atoms with Gasteiger partial charge in [-0.25, -0.2) is 0 Å². The molecule has 3 N–H and O–H groups in total. The lowest BCUT2D eigenvalue weighted by Gasteiger charge is -2.06. The number of rotatable bonds is 5. The van der Waals surface area contributed by atoms with Crippen molar-refractivity contribution in [2.45, 2.75) is 13.5 Å². The van der Waals surface area contributed by atoms with E-state index in [1.807, 2.05) is 6.07 Å². The molecule has 82 valence electrons. The van der Waals surface area contributed by atoms with Crippen LogP contribution in [0.5, 0.6) is 0 Å². The Hall–Kier alpha value is -1.46. The monoisotopic (exact) mass is 209 g/mol. The van der Waals surface area contributed by atoms with Crippen molar-refractivity contribution < 1.29 is 4.92 Å². The summed E-state index contributed by atoms with van der Waals surface area (Å²) in [5.74, 6) is 0. The van der Waals surface area contributed by atoms with Gasteiger partial charge in [0.25, 0.3) is 5.69 Å². The molecule has 0 fully saturated rings. The van der Waals surface area contributed by atoms with Gasteiger partial charge in [0.05, 0.1) is 4.92 Å². The van der Waals surface area contributed by atoms with Crippen LogP contribution < -0.4 is 11.1 Å². The minimum atomic E-state index is -0.359. The van der Waals surface area contributed by atoms with Crippen molar-refractivity contribution in [3.8, 4) is 0 Å². The van der Waals surface area contributed by atoms with Crippen molar-refractivity contribution in [2.24, 2.45) is 5.73 Å². The van der Waals surface area contributed by atoms with Gasteiger partial charge in [-0.2, -0.15) is 0 Å². The fourth-order valence-corrected chi connectivity index (χ4v) is 1.38. The van der Waals surface area contributed by atoms with Gasteiger partial charge in [-0.05, 0) is 12.5 Å². The maximum atomic E-state index is 10.7. The molecule has 0 aromatic heterocycles. The molecule has 0 aliphatic rings. The van der Waals surface area contributed by atoms with Crippen molar-refractivity contribution in [1.29, 1.82) is 0 Å². The van der Waals surface area contributed by atoms with Crippen molar-refractivity contribution in [3.05, 3.63) is 39.4 Å². The zero-order valence-electron chi connectivity index (χ0n) is 8.69. The third kappa shape index (κ3) is 3.00. The van der Waals surface area contributed by atoms with Crippen LogP contribution in [0.15, 0.2) is 18.2 Å². The molecule has 0 spiro atoms. The molecule has 0 radical (unpaired) electrons. The fraction of sp³-hybridized carbons (Fsp3) is 0.400. The van der Waals surface area contributed by atoms with Gasteiger partial charge in [-0.3, -0.25) is 10.1 Å². The summed E-state index contributed by atoms with van der Waals surface area (Å²) in [4.78, 5) is 10.3. The third-order valence-electron chi connectivity index (χ3n) is 2.25. The lowest BCUT2D eigenvalue weighted by atomic mass is 10.1. The van der Waals surface area contributed by atoms with Crippen LogP contribution in [-0.4, -0.2) is 18.0 Å². The molecule has 0 amide bonds. The highest BCUT2D eigenvalue weighted by atomic mass is 16.6. The lowest BCUT2D eigenvalue weighted by molar-refractivity contribution is -0.385. The zero-order valence-corrected chi connectivity index (χ0v) is 8.69. The van der Waals surface area contributed by atoms with E-state index in [1.165, 1.54) is 6.07 Å². The number of nitrogens with two attached hydrogens (primary N) is 1. The average molecular weight is 209 g/mol. The molecule has 0 heterocycles. The van der Waals surface area contributed by atoms with Crippen LogP contribution in [0, 0.1) is 17.0 Å². The van der Waals surface area contributed by atoms with E-state index in [0.717, 1.165) is 5.56 Å². The Morgan fingerprint density at radius 1 is 1.53 bits per heavy atom. The molecule has 0 aliphatic carbocycles. The molecule has 1 rings (SSSR count). The topological polar surface area (TPSA) is 81.2 Å². The van der Waals surface area contributed by atoms with Gasteiger partial charge < -0.3 is 11.1 Å². The smallest absolute Gasteiger partial charge is 0.272 e. The summed E-state index contributed by atoms with van der Waals surface area (Å²) in [5.41, 5.74) is 7.16. The number of nitro groups is 1. The van der Waals surface area contributed by atoms with Crippen molar-refractivity contribution in [3.63, 3.8) is 0 Å². The second-order valence-corrected chi connectivity index (χ2v) is 3.28. The van der Waals surface area contributed by atoms with Gasteiger partial charge in [0.15, 0.2) is 0 Å². The van der Waals surface area contributed by atoms with Gasteiger partial charge in [0, 0.05) is 31.3 Å². The number of nitrogens with zero attached hydrogens (tertiary/aromatic N) is 1.